The Morgan fingerprint density at radius 3 is 2.85 bits per heavy atom. The SMILES string of the molecule is O=C(Cc1csc(-c2ccccn2)n1)N(Cc1ccco1)C1CCCC1. The van der Waals surface area contributed by atoms with E-state index in [1.807, 2.05) is 40.6 Å². The number of rotatable bonds is 6. The molecule has 1 fully saturated rings. The molecular formula is C20H21N3O2S. The van der Waals surface area contributed by atoms with Gasteiger partial charge in [-0.3, -0.25) is 9.78 Å². The Morgan fingerprint density at radius 2 is 2.12 bits per heavy atom. The lowest BCUT2D eigenvalue weighted by Crippen LogP contribution is -2.39. The van der Waals surface area contributed by atoms with Gasteiger partial charge in [-0.05, 0) is 37.1 Å². The molecule has 1 saturated carbocycles. The lowest BCUT2D eigenvalue weighted by atomic mass is 10.1. The summed E-state index contributed by atoms with van der Waals surface area (Å²) < 4.78 is 5.47. The van der Waals surface area contributed by atoms with Crippen LogP contribution in [0.25, 0.3) is 10.7 Å². The van der Waals surface area contributed by atoms with E-state index in [4.69, 9.17) is 4.42 Å². The third kappa shape index (κ3) is 3.85. The standard InChI is InChI=1S/C20H21N3O2S/c24-19(12-15-14-26-20(22-15)18-9-3-4-10-21-18)23(16-6-1-2-7-16)13-17-8-5-11-25-17/h3-5,8-11,14,16H,1-2,6-7,12-13H2. The van der Waals surface area contributed by atoms with Gasteiger partial charge in [-0.2, -0.15) is 0 Å². The molecule has 3 aromatic heterocycles. The van der Waals surface area contributed by atoms with Crippen molar-refractivity contribution in [2.24, 2.45) is 0 Å². The van der Waals surface area contributed by atoms with Crippen LogP contribution in [0.15, 0.2) is 52.6 Å². The second kappa shape index (κ2) is 7.83. The van der Waals surface area contributed by atoms with Gasteiger partial charge in [0.2, 0.25) is 5.91 Å². The van der Waals surface area contributed by atoms with Crippen LogP contribution in [0.2, 0.25) is 0 Å². The molecule has 0 bridgehead atoms. The van der Waals surface area contributed by atoms with Crippen molar-refractivity contribution in [3.8, 4) is 10.7 Å². The van der Waals surface area contributed by atoms with Gasteiger partial charge in [-0.1, -0.05) is 18.9 Å². The average Bonchev–Trinajstić information content (AvgIpc) is 3.42. The largest absolute Gasteiger partial charge is 0.467 e. The van der Waals surface area contributed by atoms with E-state index in [0.717, 1.165) is 35.0 Å². The Morgan fingerprint density at radius 1 is 1.23 bits per heavy atom. The van der Waals surface area contributed by atoms with Gasteiger partial charge >= 0.3 is 0 Å². The minimum atomic E-state index is 0.117. The van der Waals surface area contributed by atoms with Crippen molar-refractivity contribution in [1.82, 2.24) is 14.9 Å². The van der Waals surface area contributed by atoms with E-state index in [-0.39, 0.29) is 5.91 Å². The summed E-state index contributed by atoms with van der Waals surface area (Å²) in [5.41, 5.74) is 1.66. The molecule has 0 unspecified atom stereocenters. The van der Waals surface area contributed by atoms with Crippen molar-refractivity contribution in [3.63, 3.8) is 0 Å². The van der Waals surface area contributed by atoms with E-state index in [1.54, 1.807) is 12.5 Å². The van der Waals surface area contributed by atoms with Gasteiger partial charge in [0.15, 0.2) is 0 Å². The van der Waals surface area contributed by atoms with Crippen LogP contribution in [0, 0.1) is 0 Å². The Kier molecular flexibility index (Phi) is 5.11. The van der Waals surface area contributed by atoms with E-state index in [1.165, 1.54) is 24.2 Å². The highest BCUT2D eigenvalue weighted by molar-refractivity contribution is 7.13. The summed E-state index contributed by atoms with van der Waals surface area (Å²) in [5, 5.41) is 2.81. The van der Waals surface area contributed by atoms with Gasteiger partial charge in [-0.15, -0.1) is 11.3 Å². The summed E-state index contributed by atoms with van der Waals surface area (Å²) in [4.78, 5) is 23.9. The monoisotopic (exact) mass is 367 g/mol. The highest BCUT2D eigenvalue weighted by atomic mass is 32.1. The minimum absolute atomic E-state index is 0.117. The zero-order chi connectivity index (χ0) is 17.8. The van der Waals surface area contributed by atoms with Crippen LogP contribution in [0.1, 0.15) is 37.1 Å². The first-order valence-electron chi connectivity index (χ1n) is 8.97. The molecule has 0 aliphatic heterocycles. The maximum Gasteiger partial charge on any atom is 0.229 e. The number of aromatic nitrogens is 2. The topological polar surface area (TPSA) is 59.2 Å². The summed E-state index contributed by atoms with van der Waals surface area (Å²) >= 11 is 1.53. The number of thiazole rings is 1. The molecule has 1 aliphatic rings. The minimum Gasteiger partial charge on any atom is -0.467 e. The van der Waals surface area contributed by atoms with Crippen LogP contribution in [0.4, 0.5) is 0 Å². The van der Waals surface area contributed by atoms with Gasteiger partial charge in [0.25, 0.3) is 0 Å². The maximum atomic E-state index is 13.0. The van der Waals surface area contributed by atoms with Crippen LogP contribution in [0.3, 0.4) is 0 Å². The van der Waals surface area contributed by atoms with Gasteiger partial charge in [-0.25, -0.2) is 4.98 Å². The first-order valence-corrected chi connectivity index (χ1v) is 9.85. The summed E-state index contributed by atoms with van der Waals surface area (Å²) in [6.45, 7) is 0.535. The molecule has 3 aromatic rings. The fourth-order valence-corrected chi connectivity index (χ4v) is 4.25. The summed E-state index contributed by atoms with van der Waals surface area (Å²) in [7, 11) is 0. The van der Waals surface area contributed by atoms with Crippen molar-refractivity contribution in [3.05, 3.63) is 59.6 Å². The summed E-state index contributed by atoms with van der Waals surface area (Å²) in [6.07, 6.45) is 8.26. The van der Waals surface area contributed by atoms with E-state index in [2.05, 4.69) is 9.97 Å². The Hall–Kier alpha value is -2.47. The third-order valence-corrected chi connectivity index (χ3v) is 5.67. The number of amides is 1. The van der Waals surface area contributed by atoms with E-state index >= 15 is 0 Å². The van der Waals surface area contributed by atoms with Crippen molar-refractivity contribution in [1.29, 1.82) is 0 Å². The molecule has 0 aromatic carbocycles. The van der Waals surface area contributed by atoms with Crippen LogP contribution in [-0.2, 0) is 17.8 Å². The Bertz CT molecular complexity index is 839. The number of pyridine rings is 1. The van der Waals surface area contributed by atoms with Crippen molar-refractivity contribution in [2.45, 2.75) is 44.7 Å². The number of furan rings is 1. The molecule has 0 saturated heterocycles. The van der Waals surface area contributed by atoms with E-state index < -0.39 is 0 Å². The molecule has 0 spiro atoms. The fraction of sp³-hybridized carbons (Fsp3) is 0.350. The molecule has 0 atom stereocenters. The van der Waals surface area contributed by atoms with Gasteiger partial charge < -0.3 is 9.32 Å². The number of hydrogen-bond acceptors (Lipinski definition) is 5. The maximum absolute atomic E-state index is 13.0. The third-order valence-electron chi connectivity index (χ3n) is 4.76. The summed E-state index contributed by atoms with van der Waals surface area (Å²) in [6, 6.07) is 9.87. The molecule has 0 radical (unpaired) electrons. The second-order valence-corrected chi connectivity index (χ2v) is 7.43. The number of hydrogen-bond donors (Lipinski definition) is 0. The Labute approximate surface area is 156 Å². The van der Waals surface area contributed by atoms with Crippen molar-refractivity contribution < 1.29 is 9.21 Å². The molecule has 26 heavy (non-hydrogen) atoms. The molecule has 0 N–H and O–H groups in total. The van der Waals surface area contributed by atoms with Gasteiger partial charge in [0.1, 0.15) is 10.8 Å². The number of carbonyl (C=O) groups excluding carboxylic acids is 1. The number of nitrogens with zero attached hydrogens (tertiary/aromatic N) is 3. The van der Waals surface area contributed by atoms with Crippen LogP contribution < -0.4 is 0 Å². The molecule has 6 heteroatoms. The number of carbonyl (C=O) groups is 1. The first-order chi connectivity index (χ1) is 12.8. The van der Waals surface area contributed by atoms with Crippen LogP contribution in [-0.4, -0.2) is 26.8 Å². The first kappa shape index (κ1) is 17.0. The quantitative estimate of drug-likeness (QED) is 0.651. The average molecular weight is 367 g/mol. The smallest absolute Gasteiger partial charge is 0.229 e. The molecule has 1 amide bonds. The molecule has 3 heterocycles. The van der Waals surface area contributed by atoms with Crippen LogP contribution >= 0.6 is 11.3 Å². The molecule has 1 aliphatic carbocycles. The van der Waals surface area contributed by atoms with Crippen molar-refractivity contribution in [2.75, 3.05) is 0 Å². The fourth-order valence-electron chi connectivity index (χ4n) is 3.46. The lowest BCUT2D eigenvalue weighted by molar-refractivity contribution is -0.133. The van der Waals surface area contributed by atoms with E-state index in [9.17, 15) is 4.79 Å². The molecule has 5 nitrogen and oxygen atoms in total. The summed E-state index contributed by atoms with van der Waals surface area (Å²) in [5.74, 6) is 0.948. The van der Waals surface area contributed by atoms with Crippen molar-refractivity contribution >= 4 is 17.2 Å². The van der Waals surface area contributed by atoms with Gasteiger partial charge in [0, 0.05) is 17.6 Å². The lowest BCUT2D eigenvalue weighted by Gasteiger charge is -2.28. The zero-order valence-corrected chi connectivity index (χ0v) is 15.3. The highest BCUT2D eigenvalue weighted by Gasteiger charge is 2.28. The molecule has 4 rings (SSSR count). The highest BCUT2D eigenvalue weighted by Crippen LogP contribution is 2.27. The zero-order valence-electron chi connectivity index (χ0n) is 14.5. The molecule has 134 valence electrons. The Balaban J connectivity index is 1.48. The van der Waals surface area contributed by atoms with Crippen LogP contribution in [0.5, 0.6) is 0 Å². The second-order valence-electron chi connectivity index (χ2n) is 6.58. The molecular weight excluding hydrogens is 346 g/mol. The van der Waals surface area contributed by atoms with E-state index in [0.29, 0.717) is 19.0 Å². The predicted octanol–water partition coefficient (Wildman–Crippen LogP) is 4.31. The predicted molar refractivity (Wildman–Crippen MR) is 101 cm³/mol. The van der Waals surface area contributed by atoms with Gasteiger partial charge in [0.05, 0.1) is 30.6 Å². The normalized spacial score (nSPS) is 14.6.